The number of phenols is 1. The third-order valence-electron chi connectivity index (χ3n) is 11.1. The molecule has 1 aromatic carbocycles. The zero-order chi connectivity index (χ0) is 53.8. The lowest BCUT2D eigenvalue weighted by molar-refractivity contribution is -0.137. The number of amides is 12. The van der Waals surface area contributed by atoms with E-state index >= 15 is 0 Å². The van der Waals surface area contributed by atoms with Gasteiger partial charge in [-0.1, -0.05) is 76.8 Å². The van der Waals surface area contributed by atoms with Crippen molar-refractivity contribution in [3.05, 3.63) is 29.8 Å². The van der Waals surface area contributed by atoms with Crippen LogP contribution in [0, 0.1) is 0 Å². The highest BCUT2D eigenvalue weighted by Gasteiger charge is 2.35. The van der Waals surface area contributed by atoms with Gasteiger partial charge in [0, 0.05) is 13.0 Å². The Kier molecular flexibility index (Phi) is 27.4. The normalized spacial score (nSPS) is 22.4. The van der Waals surface area contributed by atoms with E-state index in [0.717, 1.165) is 44.9 Å². The number of carbonyl (C=O) groups excluding carboxylic acids is 12. The zero-order valence-electron chi connectivity index (χ0n) is 40.3. The first kappa shape index (κ1) is 60.7. The van der Waals surface area contributed by atoms with Crippen LogP contribution in [0.2, 0.25) is 0 Å². The first-order chi connectivity index (χ1) is 34.2. The quantitative estimate of drug-likeness (QED) is 0.0482. The molecule has 0 radical (unpaired) electrons. The molecule has 2 rings (SSSR count). The fourth-order valence-electron chi connectivity index (χ4n) is 7.19. The van der Waals surface area contributed by atoms with E-state index in [1.54, 1.807) is 0 Å². The van der Waals surface area contributed by atoms with Crippen LogP contribution in [0.4, 0.5) is 0 Å². The third-order valence-corrected chi connectivity index (χ3v) is 11.1. The second kappa shape index (κ2) is 32.5. The zero-order valence-corrected chi connectivity index (χ0v) is 40.3. The van der Waals surface area contributed by atoms with Gasteiger partial charge in [0.15, 0.2) is 0 Å². The largest absolute Gasteiger partial charge is 0.508 e. The minimum Gasteiger partial charge on any atom is -0.508 e. The number of nitrogens with one attached hydrogen (secondary N) is 9. The van der Waals surface area contributed by atoms with Crippen molar-refractivity contribution in [2.45, 2.75) is 146 Å². The Hall–Kier alpha value is -7.42. The average molecular weight is 1020 g/mol. The Morgan fingerprint density at radius 2 is 0.931 bits per heavy atom. The molecule has 18 N–H and O–H groups in total. The number of primary amides is 3. The van der Waals surface area contributed by atoms with Crippen molar-refractivity contribution in [1.82, 2.24) is 47.9 Å². The van der Waals surface area contributed by atoms with Crippen LogP contribution in [0.25, 0.3) is 0 Å². The smallest absolute Gasteiger partial charge is 0.245 e. The van der Waals surface area contributed by atoms with Gasteiger partial charge in [0.2, 0.25) is 70.9 Å². The summed E-state index contributed by atoms with van der Waals surface area (Å²) in [5.41, 5.74) is 16.3. The summed E-state index contributed by atoms with van der Waals surface area (Å²) in [6.07, 6.45) is 5.91. The first-order valence-electron chi connectivity index (χ1n) is 23.7. The number of rotatable bonds is 22. The molecular weight excluding hydrogens is 949 g/mol. The van der Waals surface area contributed by atoms with E-state index in [0.29, 0.717) is 12.0 Å². The first-order valence-corrected chi connectivity index (χ1v) is 23.7. The molecule has 400 valence electrons. The van der Waals surface area contributed by atoms with Gasteiger partial charge >= 0.3 is 0 Å². The Balaban J connectivity index is 2.58. The molecule has 0 aliphatic carbocycles. The molecule has 7 atom stereocenters. The summed E-state index contributed by atoms with van der Waals surface area (Å²) in [6, 6.07) is -7.58. The summed E-state index contributed by atoms with van der Waals surface area (Å²) in [6.45, 7) is -1.03. The maximum absolute atomic E-state index is 13.9. The van der Waals surface area contributed by atoms with E-state index in [-0.39, 0.29) is 18.7 Å². The molecule has 0 bridgehead atoms. The van der Waals surface area contributed by atoms with E-state index in [2.05, 4.69) is 54.8 Å². The molecule has 0 spiro atoms. The van der Waals surface area contributed by atoms with Crippen LogP contribution >= 0.6 is 0 Å². The number of carbonyl (C=O) groups is 12. The van der Waals surface area contributed by atoms with Gasteiger partial charge in [0.05, 0.1) is 45.4 Å². The summed E-state index contributed by atoms with van der Waals surface area (Å²) in [5, 5.41) is 50.3. The fourth-order valence-corrected chi connectivity index (χ4v) is 7.19. The van der Waals surface area contributed by atoms with Crippen LogP contribution in [0.3, 0.4) is 0 Å². The van der Waals surface area contributed by atoms with Crippen molar-refractivity contribution in [2.75, 3.05) is 26.3 Å². The standard InChI is InChI=1S/C45H70N12O15/c1-2-3-4-5-6-7-8-9-10-11-16-49-39(66)31-21-37(64)52-32(23-58)44(71)53-27(17-25-12-14-26(60)15-13-25)41(68)54-28(18-34(46)61)40(67)50-22-38(65)51-29(19-35(47)62)42(69)57-33(24-59)45(72)55-30(20-36(48)63)43(70)56-31/h12-15,27-33,58-60H,2-11,16-24H2,1H3,(H2,46,61)(H2,47,62)(H2,48,63)(H,49,66)(H,50,67)(H,51,65)(H,52,64)(H,53,71)(H,54,68)(H,55,72)(H,56,70)(H,57,69)/t27-,28-,29+,30-,31-,32-,33-/m1/s1. The van der Waals surface area contributed by atoms with Crippen LogP contribution in [-0.4, -0.2) is 155 Å². The van der Waals surface area contributed by atoms with Crippen LogP contribution in [0.15, 0.2) is 24.3 Å². The second-order valence-corrected chi connectivity index (χ2v) is 17.2. The summed E-state index contributed by atoms with van der Waals surface area (Å²) >= 11 is 0. The lowest BCUT2D eigenvalue weighted by atomic mass is 10.0. The van der Waals surface area contributed by atoms with Gasteiger partial charge in [0.1, 0.15) is 48.0 Å². The number of unbranched alkanes of at least 4 members (excludes halogenated alkanes) is 9. The molecule has 0 aromatic heterocycles. The summed E-state index contributed by atoms with van der Waals surface area (Å²) < 4.78 is 0. The lowest BCUT2D eigenvalue weighted by Crippen LogP contribution is -2.60. The lowest BCUT2D eigenvalue weighted by Gasteiger charge is -2.26. The minimum absolute atomic E-state index is 0.0912. The Morgan fingerprint density at radius 3 is 1.44 bits per heavy atom. The van der Waals surface area contributed by atoms with Crippen LogP contribution in [0.5, 0.6) is 5.75 Å². The van der Waals surface area contributed by atoms with Gasteiger partial charge in [-0.05, 0) is 24.1 Å². The van der Waals surface area contributed by atoms with Gasteiger partial charge in [0.25, 0.3) is 0 Å². The molecule has 27 heteroatoms. The van der Waals surface area contributed by atoms with E-state index < -0.39 is 159 Å². The predicted octanol–water partition coefficient (Wildman–Crippen LogP) is -5.50. The number of aliphatic hydroxyl groups is 2. The SMILES string of the molecule is CCCCCCCCCCCCNC(=O)[C@H]1CC(=O)N[C@H](CO)C(=O)N[C@H](Cc2ccc(O)cc2)C(=O)N[C@H](CC(N)=O)C(=O)NCC(=O)N[C@@H](CC(N)=O)C(=O)N[C@H](CO)C(=O)N[C@H](CC(N)=O)C(=O)N1. The number of hydrogen-bond acceptors (Lipinski definition) is 15. The van der Waals surface area contributed by atoms with E-state index in [9.17, 15) is 72.9 Å². The van der Waals surface area contributed by atoms with Crippen molar-refractivity contribution in [2.24, 2.45) is 17.2 Å². The highest BCUT2D eigenvalue weighted by Crippen LogP contribution is 2.13. The number of nitrogens with two attached hydrogens (primary N) is 3. The van der Waals surface area contributed by atoms with Crippen molar-refractivity contribution in [3.8, 4) is 5.75 Å². The Labute approximate surface area is 415 Å². The molecule has 0 saturated carbocycles. The number of aliphatic hydroxyl groups excluding tert-OH is 2. The Bertz CT molecular complexity index is 2060. The topological polar surface area (TPSA) is 452 Å². The maximum atomic E-state index is 13.9. The molecule has 0 unspecified atom stereocenters. The fraction of sp³-hybridized carbons (Fsp3) is 0.600. The summed E-state index contributed by atoms with van der Waals surface area (Å²) in [4.78, 5) is 158. The predicted molar refractivity (Wildman–Crippen MR) is 253 cm³/mol. The van der Waals surface area contributed by atoms with E-state index in [1.807, 2.05) is 0 Å². The highest BCUT2D eigenvalue weighted by molar-refractivity contribution is 6.00. The molecule has 27 nitrogen and oxygen atoms in total. The summed E-state index contributed by atoms with van der Waals surface area (Å²) in [7, 11) is 0. The van der Waals surface area contributed by atoms with Crippen LogP contribution in [0.1, 0.15) is 102 Å². The van der Waals surface area contributed by atoms with Crippen LogP contribution in [-0.2, 0) is 64.0 Å². The minimum atomic E-state index is -1.95. The second-order valence-electron chi connectivity index (χ2n) is 17.2. The van der Waals surface area contributed by atoms with Gasteiger partial charge in [-0.15, -0.1) is 0 Å². The van der Waals surface area contributed by atoms with Gasteiger partial charge in [-0.3, -0.25) is 57.5 Å². The van der Waals surface area contributed by atoms with Crippen LogP contribution < -0.4 is 65.1 Å². The molecule has 1 aliphatic rings. The van der Waals surface area contributed by atoms with E-state index in [4.69, 9.17) is 17.2 Å². The van der Waals surface area contributed by atoms with Crippen molar-refractivity contribution < 1.29 is 72.9 Å². The van der Waals surface area contributed by atoms with Crippen molar-refractivity contribution in [3.63, 3.8) is 0 Å². The summed E-state index contributed by atoms with van der Waals surface area (Å²) in [5.74, 6) is -14.2. The molecule has 1 saturated heterocycles. The average Bonchev–Trinajstić information content (AvgIpc) is 3.31. The van der Waals surface area contributed by atoms with Crippen molar-refractivity contribution >= 4 is 70.9 Å². The third kappa shape index (κ3) is 23.5. The molecular formula is C45H70N12O15. The van der Waals surface area contributed by atoms with Gasteiger partial charge in [-0.2, -0.15) is 0 Å². The monoisotopic (exact) mass is 1020 g/mol. The number of phenolic OH excluding ortho intramolecular Hbond substituents is 1. The molecule has 1 heterocycles. The number of hydrogen-bond donors (Lipinski definition) is 15. The van der Waals surface area contributed by atoms with Gasteiger partial charge in [-0.25, -0.2) is 0 Å². The number of benzene rings is 1. The van der Waals surface area contributed by atoms with Crippen molar-refractivity contribution in [1.29, 1.82) is 0 Å². The molecule has 1 aromatic rings. The molecule has 12 amide bonds. The maximum Gasteiger partial charge on any atom is 0.245 e. The van der Waals surface area contributed by atoms with E-state index in [1.165, 1.54) is 37.1 Å². The Morgan fingerprint density at radius 1 is 0.528 bits per heavy atom. The highest BCUT2D eigenvalue weighted by atomic mass is 16.3. The number of aromatic hydroxyl groups is 1. The molecule has 72 heavy (non-hydrogen) atoms. The van der Waals surface area contributed by atoms with Gasteiger partial charge < -0.3 is 80.4 Å². The molecule has 1 fully saturated rings. The molecule has 1 aliphatic heterocycles.